The Kier molecular flexibility index (Phi) is 5.64. The van der Waals surface area contributed by atoms with Crippen molar-refractivity contribution in [3.8, 4) is 0 Å². The predicted molar refractivity (Wildman–Crippen MR) is 108 cm³/mol. The average molecular weight is 408 g/mol. The highest BCUT2D eigenvalue weighted by molar-refractivity contribution is 9.10. The molecule has 3 nitrogen and oxygen atoms in total. The van der Waals surface area contributed by atoms with Gasteiger partial charge in [-0.2, -0.15) is 0 Å². The van der Waals surface area contributed by atoms with Crippen LogP contribution in [0.3, 0.4) is 0 Å². The molecule has 0 radical (unpaired) electrons. The van der Waals surface area contributed by atoms with Gasteiger partial charge in [-0.1, -0.05) is 57.9 Å². The van der Waals surface area contributed by atoms with Gasteiger partial charge in [0.2, 0.25) is 0 Å². The lowest BCUT2D eigenvalue weighted by Gasteiger charge is -2.07. The lowest BCUT2D eigenvalue weighted by molar-refractivity contribution is 0.0989. The van der Waals surface area contributed by atoms with Gasteiger partial charge in [-0.15, -0.1) is 0 Å². The van der Waals surface area contributed by atoms with Gasteiger partial charge in [0.15, 0.2) is 5.78 Å². The van der Waals surface area contributed by atoms with Crippen LogP contribution in [0.5, 0.6) is 0 Å². The van der Waals surface area contributed by atoms with Crippen LogP contribution >= 0.6 is 15.9 Å². The standard InChI is InChI=1S/C22H18BrNO2/c1-15-5-7-17(8-6-15)21(25)14-16-3-2-4-18(13-16)22(26)24-20-11-9-19(23)10-12-20/h2-13H,14H2,1H3,(H,24,26). The van der Waals surface area contributed by atoms with Crippen molar-refractivity contribution in [3.05, 3.63) is 99.5 Å². The number of rotatable bonds is 5. The molecule has 0 aromatic heterocycles. The highest BCUT2D eigenvalue weighted by Crippen LogP contribution is 2.16. The average Bonchev–Trinajstić information content (AvgIpc) is 2.64. The van der Waals surface area contributed by atoms with Gasteiger partial charge in [0.25, 0.3) is 5.91 Å². The maximum Gasteiger partial charge on any atom is 0.255 e. The smallest absolute Gasteiger partial charge is 0.255 e. The van der Waals surface area contributed by atoms with Gasteiger partial charge in [-0.05, 0) is 48.9 Å². The molecule has 26 heavy (non-hydrogen) atoms. The lowest BCUT2D eigenvalue weighted by atomic mass is 10.0. The first-order chi connectivity index (χ1) is 12.5. The van der Waals surface area contributed by atoms with Gasteiger partial charge in [0.1, 0.15) is 0 Å². The van der Waals surface area contributed by atoms with E-state index < -0.39 is 0 Å². The molecule has 0 bridgehead atoms. The molecule has 3 aromatic rings. The summed E-state index contributed by atoms with van der Waals surface area (Å²) in [7, 11) is 0. The van der Waals surface area contributed by atoms with Gasteiger partial charge in [0, 0.05) is 27.7 Å². The van der Waals surface area contributed by atoms with Crippen LogP contribution < -0.4 is 5.32 Å². The zero-order chi connectivity index (χ0) is 18.5. The Morgan fingerprint density at radius 1 is 0.885 bits per heavy atom. The summed E-state index contributed by atoms with van der Waals surface area (Å²) in [6, 6.07) is 22.1. The molecule has 3 aromatic carbocycles. The molecule has 1 amide bonds. The second-order valence-electron chi connectivity index (χ2n) is 6.13. The molecule has 0 atom stereocenters. The van der Waals surface area contributed by atoms with Crippen LogP contribution in [0.25, 0.3) is 0 Å². The third kappa shape index (κ3) is 4.67. The van der Waals surface area contributed by atoms with E-state index >= 15 is 0 Å². The van der Waals surface area contributed by atoms with Gasteiger partial charge in [-0.3, -0.25) is 9.59 Å². The second kappa shape index (κ2) is 8.11. The summed E-state index contributed by atoms with van der Waals surface area (Å²) in [5.41, 5.74) is 3.87. The molecule has 0 spiro atoms. The fourth-order valence-corrected chi connectivity index (χ4v) is 2.85. The minimum atomic E-state index is -0.197. The number of carbonyl (C=O) groups excluding carboxylic acids is 2. The van der Waals surface area contributed by atoms with Crippen LogP contribution in [0, 0.1) is 6.92 Å². The fourth-order valence-electron chi connectivity index (χ4n) is 2.59. The van der Waals surface area contributed by atoms with Crippen molar-refractivity contribution in [3.63, 3.8) is 0 Å². The van der Waals surface area contributed by atoms with E-state index in [0.717, 1.165) is 21.3 Å². The van der Waals surface area contributed by atoms with Crippen LogP contribution in [0.4, 0.5) is 5.69 Å². The molecule has 3 rings (SSSR count). The second-order valence-corrected chi connectivity index (χ2v) is 7.04. The monoisotopic (exact) mass is 407 g/mol. The van der Waals surface area contributed by atoms with Crippen LogP contribution in [0.2, 0.25) is 0 Å². The molecule has 130 valence electrons. The summed E-state index contributed by atoms with van der Waals surface area (Å²) >= 11 is 3.37. The number of amides is 1. The molecule has 0 saturated heterocycles. The lowest BCUT2D eigenvalue weighted by Crippen LogP contribution is -2.12. The first-order valence-corrected chi connectivity index (χ1v) is 9.06. The summed E-state index contributed by atoms with van der Waals surface area (Å²) in [6.45, 7) is 1.99. The minimum absolute atomic E-state index is 0.0375. The van der Waals surface area contributed by atoms with Crippen molar-refractivity contribution in [2.75, 3.05) is 5.32 Å². The van der Waals surface area contributed by atoms with Gasteiger partial charge in [0.05, 0.1) is 0 Å². The van der Waals surface area contributed by atoms with Crippen LogP contribution in [0.1, 0.15) is 31.8 Å². The van der Waals surface area contributed by atoms with E-state index in [9.17, 15) is 9.59 Å². The molecule has 0 aliphatic rings. The molecule has 0 aliphatic heterocycles. The zero-order valence-corrected chi connectivity index (χ0v) is 15.9. The Morgan fingerprint density at radius 2 is 1.58 bits per heavy atom. The summed E-state index contributed by atoms with van der Waals surface area (Å²) in [5.74, 6) is -0.160. The number of hydrogen-bond donors (Lipinski definition) is 1. The predicted octanol–water partition coefficient (Wildman–Crippen LogP) is 5.44. The molecule has 0 fully saturated rings. The SMILES string of the molecule is Cc1ccc(C(=O)Cc2cccc(C(=O)Nc3ccc(Br)cc3)c2)cc1. The van der Waals surface area contributed by atoms with E-state index in [-0.39, 0.29) is 18.1 Å². The van der Waals surface area contributed by atoms with Crippen molar-refractivity contribution in [1.82, 2.24) is 0 Å². The molecule has 0 heterocycles. The van der Waals surface area contributed by atoms with E-state index in [4.69, 9.17) is 0 Å². The molecule has 4 heteroatoms. The fraction of sp³-hybridized carbons (Fsp3) is 0.0909. The highest BCUT2D eigenvalue weighted by atomic mass is 79.9. The Labute approximate surface area is 161 Å². The highest BCUT2D eigenvalue weighted by Gasteiger charge is 2.10. The van der Waals surface area contributed by atoms with Gasteiger partial charge >= 0.3 is 0 Å². The topological polar surface area (TPSA) is 46.2 Å². The number of benzene rings is 3. The molecule has 0 aliphatic carbocycles. The van der Waals surface area contributed by atoms with E-state index in [1.807, 2.05) is 61.5 Å². The molecule has 1 N–H and O–H groups in total. The summed E-state index contributed by atoms with van der Waals surface area (Å²) in [5, 5.41) is 2.86. The van der Waals surface area contributed by atoms with E-state index in [2.05, 4.69) is 21.2 Å². The Hall–Kier alpha value is -2.72. The Morgan fingerprint density at radius 3 is 2.27 bits per heavy atom. The maximum atomic E-state index is 12.4. The van der Waals surface area contributed by atoms with Crippen molar-refractivity contribution >= 4 is 33.3 Å². The van der Waals surface area contributed by atoms with E-state index in [0.29, 0.717) is 11.1 Å². The largest absolute Gasteiger partial charge is 0.322 e. The van der Waals surface area contributed by atoms with E-state index in [1.54, 1.807) is 18.2 Å². The number of ketones is 1. The number of halogens is 1. The van der Waals surface area contributed by atoms with Gasteiger partial charge in [-0.25, -0.2) is 0 Å². The third-order valence-electron chi connectivity index (χ3n) is 4.03. The number of carbonyl (C=O) groups is 2. The zero-order valence-electron chi connectivity index (χ0n) is 14.3. The van der Waals surface area contributed by atoms with Crippen molar-refractivity contribution < 1.29 is 9.59 Å². The quantitative estimate of drug-likeness (QED) is 0.572. The van der Waals surface area contributed by atoms with E-state index in [1.165, 1.54) is 0 Å². The normalized spacial score (nSPS) is 10.4. The van der Waals surface area contributed by atoms with Gasteiger partial charge < -0.3 is 5.32 Å². The summed E-state index contributed by atoms with van der Waals surface area (Å²) in [6.07, 6.45) is 0.266. The van der Waals surface area contributed by atoms with Crippen LogP contribution in [-0.4, -0.2) is 11.7 Å². The van der Waals surface area contributed by atoms with Crippen LogP contribution in [0.15, 0.2) is 77.3 Å². The summed E-state index contributed by atoms with van der Waals surface area (Å²) < 4.78 is 0.951. The molecular weight excluding hydrogens is 390 g/mol. The van der Waals surface area contributed by atoms with Crippen molar-refractivity contribution in [2.45, 2.75) is 13.3 Å². The minimum Gasteiger partial charge on any atom is -0.322 e. The number of Topliss-reactive ketones (excluding diaryl/α,β-unsaturated/α-hetero) is 1. The number of nitrogens with one attached hydrogen (secondary N) is 1. The van der Waals surface area contributed by atoms with Crippen molar-refractivity contribution in [1.29, 1.82) is 0 Å². The first-order valence-electron chi connectivity index (χ1n) is 8.27. The Balaban J connectivity index is 1.71. The first kappa shape index (κ1) is 18.1. The Bertz CT molecular complexity index is 931. The molecular formula is C22H18BrNO2. The molecule has 0 saturated carbocycles. The van der Waals surface area contributed by atoms with Crippen molar-refractivity contribution in [2.24, 2.45) is 0 Å². The van der Waals surface area contributed by atoms with Crippen LogP contribution in [-0.2, 0) is 6.42 Å². The summed E-state index contributed by atoms with van der Waals surface area (Å²) in [4.78, 5) is 24.9. The maximum absolute atomic E-state index is 12.4. The third-order valence-corrected chi connectivity index (χ3v) is 4.56. The number of anilines is 1. The number of hydrogen-bond acceptors (Lipinski definition) is 2. The number of aryl methyl sites for hydroxylation is 1. The molecule has 0 unspecified atom stereocenters.